The molecular weight excluding hydrogens is 762 g/mol. The van der Waals surface area contributed by atoms with Gasteiger partial charge < -0.3 is 27.9 Å². The molecule has 0 heterocycles. The summed E-state index contributed by atoms with van der Waals surface area (Å²) >= 11 is 0. The summed E-state index contributed by atoms with van der Waals surface area (Å²) in [6.45, 7) is 4.09. The molecule has 59 heavy (non-hydrogen) atoms. The lowest BCUT2D eigenvalue weighted by Gasteiger charge is -2.28. The predicted molar refractivity (Wildman–Crippen MR) is 245 cm³/mol. The smallest absolute Gasteiger partial charge is 0.306 e. The largest absolute Gasteiger partial charge is 0.756 e. The molecule has 0 rings (SSSR count). The zero-order valence-electron chi connectivity index (χ0n) is 38.2. The van der Waals surface area contributed by atoms with Crippen LogP contribution in [0.4, 0.5) is 0 Å². The minimum absolute atomic E-state index is 0.0468. The quantitative estimate of drug-likeness (QED) is 0.0197. The standard InChI is InChI=1S/C49H86NO8P/c1-6-8-10-12-14-16-18-20-22-23-24-25-26-27-28-30-32-34-36-38-40-42-49(52)58-47(46-57-59(53,54)56-44-43-50(3,4)5)45-55-48(51)41-39-37-35-33-31-29-21-19-17-15-13-11-9-7-2/h13,15,19,21-23,25-26,28,30,34,36,47H,6-12,14,16-18,20,24,27,29,31-33,35,37-46H2,1-5H3/b15-13+,21-19+,23-22+,26-25+,30-28+,36-34+/t47-/m1/s1. The zero-order valence-corrected chi connectivity index (χ0v) is 39.1. The van der Waals surface area contributed by atoms with Crippen LogP contribution in [0.25, 0.3) is 0 Å². The van der Waals surface area contributed by atoms with Gasteiger partial charge in [-0.1, -0.05) is 157 Å². The van der Waals surface area contributed by atoms with Crippen LogP contribution in [-0.2, 0) is 32.7 Å². The number of carbonyl (C=O) groups excluding carboxylic acids is 2. The summed E-state index contributed by atoms with van der Waals surface area (Å²) in [5, 5.41) is 0. The second-order valence-corrected chi connectivity index (χ2v) is 17.8. The minimum Gasteiger partial charge on any atom is -0.756 e. The molecule has 0 spiro atoms. The summed E-state index contributed by atoms with van der Waals surface area (Å²) in [5.74, 6) is -0.922. The first-order chi connectivity index (χ1) is 28.5. The van der Waals surface area contributed by atoms with Crippen molar-refractivity contribution in [1.82, 2.24) is 0 Å². The van der Waals surface area contributed by atoms with Crippen molar-refractivity contribution in [2.75, 3.05) is 47.5 Å². The first kappa shape index (κ1) is 56.5. The lowest BCUT2D eigenvalue weighted by molar-refractivity contribution is -0.870. The molecule has 0 aliphatic carbocycles. The normalized spacial score (nSPS) is 14.2. The summed E-state index contributed by atoms with van der Waals surface area (Å²) in [4.78, 5) is 37.5. The molecule has 9 nitrogen and oxygen atoms in total. The highest BCUT2D eigenvalue weighted by Gasteiger charge is 2.21. The van der Waals surface area contributed by atoms with Crippen molar-refractivity contribution in [3.05, 3.63) is 72.9 Å². The molecule has 10 heteroatoms. The fraction of sp³-hybridized carbons (Fsp3) is 0.714. The van der Waals surface area contributed by atoms with Gasteiger partial charge in [-0.3, -0.25) is 14.2 Å². The number of allylic oxidation sites excluding steroid dienone is 12. The molecule has 0 radical (unpaired) electrons. The van der Waals surface area contributed by atoms with E-state index in [0.29, 0.717) is 30.3 Å². The second-order valence-electron chi connectivity index (χ2n) is 16.4. The molecule has 0 bridgehead atoms. The van der Waals surface area contributed by atoms with Gasteiger partial charge in [0.2, 0.25) is 0 Å². The third-order valence-electron chi connectivity index (χ3n) is 9.45. The lowest BCUT2D eigenvalue weighted by atomic mass is 10.1. The average Bonchev–Trinajstić information content (AvgIpc) is 3.19. The Bertz CT molecular complexity index is 1230. The van der Waals surface area contributed by atoms with Crippen molar-refractivity contribution in [3.63, 3.8) is 0 Å². The van der Waals surface area contributed by atoms with Crippen LogP contribution in [0.15, 0.2) is 72.9 Å². The van der Waals surface area contributed by atoms with E-state index >= 15 is 0 Å². The molecule has 1 unspecified atom stereocenters. The van der Waals surface area contributed by atoms with Crippen molar-refractivity contribution in [2.24, 2.45) is 0 Å². The topological polar surface area (TPSA) is 111 Å². The van der Waals surface area contributed by atoms with Crippen LogP contribution < -0.4 is 4.89 Å². The highest BCUT2D eigenvalue weighted by atomic mass is 31.2. The van der Waals surface area contributed by atoms with Crippen LogP contribution in [0.3, 0.4) is 0 Å². The maximum Gasteiger partial charge on any atom is 0.306 e. The highest BCUT2D eigenvalue weighted by Crippen LogP contribution is 2.38. The van der Waals surface area contributed by atoms with E-state index in [0.717, 1.165) is 64.2 Å². The number of quaternary nitrogens is 1. The molecule has 2 atom stereocenters. The van der Waals surface area contributed by atoms with E-state index < -0.39 is 32.5 Å². The third-order valence-corrected chi connectivity index (χ3v) is 10.4. The van der Waals surface area contributed by atoms with E-state index in [9.17, 15) is 19.0 Å². The van der Waals surface area contributed by atoms with Gasteiger partial charge in [0, 0.05) is 12.8 Å². The molecule has 0 aromatic rings. The highest BCUT2D eigenvalue weighted by molar-refractivity contribution is 7.45. The summed E-state index contributed by atoms with van der Waals surface area (Å²) in [6.07, 6.45) is 50.8. The number of rotatable bonds is 41. The first-order valence-electron chi connectivity index (χ1n) is 23.1. The number of carbonyl (C=O) groups is 2. The SMILES string of the molecule is CCCC/C=C/C/C=C/CCCCCCCC(=O)OC[C@H](COP(=O)([O-])OCC[N+](C)(C)C)OC(=O)CCC/C=C/C/C=C/C/C=C/C/C=C/CCCCCCCCC. The predicted octanol–water partition coefficient (Wildman–Crippen LogP) is 12.8. The number of hydrogen-bond acceptors (Lipinski definition) is 8. The molecule has 0 N–H and O–H groups in total. The van der Waals surface area contributed by atoms with Gasteiger partial charge in [-0.2, -0.15) is 0 Å². The molecular formula is C49H86NO8P. The van der Waals surface area contributed by atoms with Crippen LogP contribution in [0.2, 0.25) is 0 Å². The van der Waals surface area contributed by atoms with E-state index in [1.54, 1.807) is 0 Å². The third kappa shape index (κ3) is 44.8. The van der Waals surface area contributed by atoms with Crippen LogP contribution >= 0.6 is 7.82 Å². The number of likely N-dealkylation sites (N-methyl/N-ethyl adjacent to an activating group) is 1. The van der Waals surface area contributed by atoms with Crippen LogP contribution in [0.5, 0.6) is 0 Å². The fourth-order valence-electron chi connectivity index (χ4n) is 5.78. The van der Waals surface area contributed by atoms with Gasteiger partial charge in [0.15, 0.2) is 6.10 Å². The maximum atomic E-state index is 12.7. The Morgan fingerprint density at radius 3 is 1.46 bits per heavy atom. The number of phosphoric acid groups is 1. The summed E-state index contributed by atoms with van der Waals surface area (Å²) < 4.78 is 33.8. The number of ether oxygens (including phenoxy) is 2. The molecule has 0 aliphatic heterocycles. The van der Waals surface area contributed by atoms with Crippen molar-refractivity contribution < 1.29 is 42.1 Å². The Labute approximate surface area is 361 Å². The van der Waals surface area contributed by atoms with E-state index in [-0.39, 0.29) is 26.1 Å². The fourth-order valence-corrected chi connectivity index (χ4v) is 6.51. The number of esters is 2. The van der Waals surface area contributed by atoms with Crippen LogP contribution in [-0.4, -0.2) is 70.0 Å². The lowest BCUT2D eigenvalue weighted by Crippen LogP contribution is -2.37. The number of phosphoric ester groups is 1. The summed E-state index contributed by atoms with van der Waals surface area (Å²) in [5.41, 5.74) is 0. The van der Waals surface area contributed by atoms with Gasteiger partial charge in [-0.15, -0.1) is 0 Å². The van der Waals surface area contributed by atoms with Gasteiger partial charge in [0.05, 0.1) is 27.7 Å². The molecule has 0 saturated heterocycles. The Morgan fingerprint density at radius 2 is 0.949 bits per heavy atom. The van der Waals surface area contributed by atoms with E-state index in [1.807, 2.05) is 27.2 Å². The minimum atomic E-state index is -4.65. The van der Waals surface area contributed by atoms with E-state index in [1.165, 1.54) is 64.2 Å². The zero-order chi connectivity index (χ0) is 43.6. The number of hydrogen-bond donors (Lipinski definition) is 0. The van der Waals surface area contributed by atoms with Gasteiger partial charge in [-0.05, 0) is 77.0 Å². The first-order valence-corrected chi connectivity index (χ1v) is 24.6. The number of nitrogens with zero attached hydrogens (tertiary/aromatic N) is 1. The van der Waals surface area contributed by atoms with Crippen molar-refractivity contribution in [2.45, 2.75) is 180 Å². The Morgan fingerprint density at radius 1 is 0.525 bits per heavy atom. The van der Waals surface area contributed by atoms with Gasteiger partial charge >= 0.3 is 11.9 Å². The van der Waals surface area contributed by atoms with Crippen LogP contribution in [0, 0.1) is 0 Å². The van der Waals surface area contributed by atoms with E-state index in [2.05, 4.69) is 80.7 Å². The van der Waals surface area contributed by atoms with Gasteiger partial charge in [-0.25, -0.2) is 0 Å². The molecule has 0 amide bonds. The van der Waals surface area contributed by atoms with Crippen molar-refractivity contribution >= 4 is 19.8 Å². The Balaban J connectivity index is 4.46. The molecule has 0 aromatic carbocycles. The molecule has 0 fully saturated rings. The number of unbranched alkanes of at least 4 members (excludes halogenated alkanes) is 15. The average molecular weight is 848 g/mol. The second kappa shape index (κ2) is 40.8. The maximum absolute atomic E-state index is 12.7. The summed E-state index contributed by atoms with van der Waals surface area (Å²) in [6, 6.07) is 0. The molecule has 340 valence electrons. The monoisotopic (exact) mass is 848 g/mol. The van der Waals surface area contributed by atoms with Crippen LogP contribution in [0.1, 0.15) is 174 Å². The van der Waals surface area contributed by atoms with Crippen molar-refractivity contribution in [1.29, 1.82) is 0 Å². The molecule has 0 aromatic heterocycles. The Hall–Kier alpha value is -2.55. The molecule has 0 saturated carbocycles. The molecule has 0 aliphatic rings. The van der Waals surface area contributed by atoms with E-state index in [4.69, 9.17) is 18.5 Å². The van der Waals surface area contributed by atoms with Gasteiger partial charge in [0.1, 0.15) is 19.8 Å². The summed E-state index contributed by atoms with van der Waals surface area (Å²) in [7, 11) is 1.11. The van der Waals surface area contributed by atoms with Crippen molar-refractivity contribution in [3.8, 4) is 0 Å². The van der Waals surface area contributed by atoms with Gasteiger partial charge in [0.25, 0.3) is 7.82 Å². The Kier molecular flexibility index (Phi) is 39.1.